The number of ether oxygens (including phenoxy) is 1. The lowest BCUT2D eigenvalue weighted by Crippen LogP contribution is -2.40. The van der Waals surface area contributed by atoms with E-state index in [0.29, 0.717) is 45.7 Å². The molecule has 1 fully saturated rings. The van der Waals surface area contributed by atoms with Gasteiger partial charge in [-0.1, -0.05) is 12.1 Å². The molecule has 1 saturated heterocycles. The fourth-order valence-corrected chi connectivity index (χ4v) is 3.85. The lowest BCUT2D eigenvalue weighted by molar-refractivity contribution is -0.121. The van der Waals surface area contributed by atoms with Crippen LogP contribution in [0.4, 0.5) is 0 Å². The van der Waals surface area contributed by atoms with Crippen molar-refractivity contribution >= 4 is 28.3 Å². The summed E-state index contributed by atoms with van der Waals surface area (Å²) in [5, 5.41) is 5.78. The minimum absolute atomic E-state index is 0. The van der Waals surface area contributed by atoms with Gasteiger partial charge >= 0.3 is 0 Å². The lowest BCUT2D eigenvalue weighted by atomic mass is 10.1. The van der Waals surface area contributed by atoms with Gasteiger partial charge in [-0.05, 0) is 31.2 Å². The number of hydrogen-bond donors (Lipinski definition) is 2. The molecular weight excluding hydrogens is 366 g/mol. The first-order valence-corrected chi connectivity index (χ1v) is 9.56. The third-order valence-electron chi connectivity index (χ3n) is 3.87. The molecule has 142 valence electrons. The average molecular weight is 392 g/mol. The molecule has 1 aliphatic heterocycles. The molecule has 0 atom stereocenters. The van der Waals surface area contributed by atoms with Crippen LogP contribution in [0.5, 0.6) is 0 Å². The number of hydrogen-bond acceptors (Lipinski definition) is 5. The molecule has 2 rings (SSSR count). The average Bonchev–Trinajstić information content (AvgIpc) is 2.61. The second-order valence-electron chi connectivity index (χ2n) is 5.61. The van der Waals surface area contributed by atoms with Crippen LogP contribution in [-0.2, 0) is 26.0 Å². The topological polar surface area (TPSA) is 87.7 Å². The normalized spacial score (nSPS) is 15.4. The van der Waals surface area contributed by atoms with Crippen LogP contribution in [0, 0.1) is 0 Å². The van der Waals surface area contributed by atoms with Gasteiger partial charge in [0.1, 0.15) is 0 Å². The number of nitrogens with zero attached hydrogens (tertiary/aromatic N) is 1. The fourth-order valence-electron chi connectivity index (χ4n) is 2.44. The highest BCUT2D eigenvalue weighted by molar-refractivity contribution is 7.89. The molecule has 0 radical (unpaired) electrons. The molecular formula is C16H26ClN3O4S. The maximum atomic E-state index is 12.5. The first-order valence-electron chi connectivity index (χ1n) is 8.12. The molecule has 25 heavy (non-hydrogen) atoms. The van der Waals surface area contributed by atoms with E-state index in [-0.39, 0.29) is 23.2 Å². The van der Waals surface area contributed by atoms with Gasteiger partial charge in [-0.3, -0.25) is 4.79 Å². The summed E-state index contributed by atoms with van der Waals surface area (Å²) in [6, 6.07) is 6.76. The van der Waals surface area contributed by atoms with Crippen LogP contribution in [0.3, 0.4) is 0 Å². The van der Waals surface area contributed by atoms with Gasteiger partial charge in [0.2, 0.25) is 15.9 Å². The van der Waals surface area contributed by atoms with Crippen molar-refractivity contribution in [3.63, 3.8) is 0 Å². The molecule has 0 aliphatic carbocycles. The van der Waals surface area contributed by atoms with Gasteiger partial charge in [-0.25, -0.2) is 8.42 Å². The van der Waals surface area contributed by atoms with E-state index in [1.54, 1.807) is 24.3 Å². The van der Waals surface area contributed by atoms with Gasteiger partial charge in [0, 0.05) is 32.6 Å². The summed E-state index contributed by atoms with van der Waals surface area (Å²) < 4.78 is 31.7. The summed E-state index contributed by atoms with van der Waals surface area (Å²) in [4.78, 5) is 12.0. The van der Waals surface area contributed by atoms with Crippen molar-refractivity contribution in [1.82, 2.24) is 14.9 Å². The summed E-state index contributed by atoms with van der Waals surface area (Å²) in [6.07, 6.45) is 0.975. The third kappa shape index (κ3) is 6.56. The van der Waals surface area contributed by atoms with Crippen molar-refractivity contribution in [2.24, 2.45) is 0 Å². The number of likely N-dealkylation sites (N-methyl/N-ethyl adjacent to an activating group) is 1. The van der Waals surface area contributed by atoms with E-state index in [2.05, 4.69) is 10.6 Å². The Morgan fingerprint density at radius 1 is 1.16 bits per heavy atom. The summed E-state index contributed by atoms with van der Waals surface area (Å²) in [5.74, 6) is -0.00438. The van der Waals surface area contributed by atoms with Gasteiger partial charge < -0.3 is 15.4 Å². The Labute approximate surface area is 155 Å². The van der Waals surface area contributed by atoms with Crippen molar-refractivity contribution in [2.75, 3.05) is 46.4 Å². The predicted molar refractivity (Wildman–Crippen MR) is 98.5 cm³/mol. The third-order valence-corrected chi connectivity index (χ3v) is 5.78. The highest BCUT2D eigenvalue weighted by Gasteiger charge is 2.25. The molecule has 2 N–H and O–H groups in total. The van der Waals surface area contributed by atoms with Crippen molar-refractivity contribution in [1.29, 1.82) is 0 Å². The van der Waals surface area contributed by atoms with E-state index in [9.17, 15) is 13.2 Å². The Morgan fingerprint density at radius 2 is 1.80 bits per heavy atom. The fraction of sp³-hybridized carbons (Fsp3) is 0.562. The highest BCUT2D eigenvalue weighted by Crippen LogP contribution is 2.18. The number of nitrogens with one attached hydrogen (secondary N) is 2. The molecule has 9 heteroatoms. The van der Waals surface area contributed by atoms with Crippen LogP contribution in [0.25, 0.3) is 0 Å². The molecule has 0 unspecified atom stereocenters. The number of halogens is 1. The van der Waals surface area contributed by atoms with Gasteiger partial charge in [0.15, 0.2) is 0 Å². The summed E-state index contributed by atoms with van der Waals surface area (Å²) in [6.45, 7) is 2.97. The lowest BCUT2D eigenvalue weighted by Gasteiger charge is -2.26. The second kappa shape index (κ2) is 10.7. The molecule has 7 nitrogen and oxygen atoms in total. The van der Waals surface area contributed by atoms with Gasteiger partial charge in [-0.15, -0.1) is 12.4 Å². The quantitative estimate of drug-likeness (QED) is 0.626. The summed E-state index contributed by atoms with van der Waals surface area (Å²) in [5.41, 5.74) is 0.944. The van der Waals surface area contributed by atoms with Crippen LogP contribution in [0.2, 0.25) is 0 Å². The molecule has 1 aromatic carbocycles. The van der Waals surface area contributed by atoms with E-state index >= 15 is 0 Å². The maximum Gasteiger partial charge on any atom is 0.243 e. The molecule has 0 bridgehead atoms. The minimum atomic E-state index is -3.46. The van der Waals surface area contributed by atoms with E-state index in [0.717, 1.165) is 12.1 Å². The zero-order valence-electron chi connectivity index (χ0n) is 14.4. The number of morpholine rings is 1. The van der Waals surface area contributed by atoms with Crippen LogP contribution >= 0.6 is 12.4 Å². The number of amides is 1. The number of carbonyl (C=O) groups is 1. The number of rotatable bonds is 8. The van der Waals surface area contributed by atoms with Crippen molar-refractivity contribution < 1.29 is 17.9 Å². The number of sulfonamides is 1. The maximum absolute atomic E-state index is 12.5. The Morgan fingerprint density at radius 3 is 2.40 bits per heavy atom. The van der Waals surface area contributed by atoms with Crippen LogP contribution in [-0.4, -0.2) is 65.1 Å². The molecule has 1 aromatic rings. The van der Waals surface area contributed by atoms with Crippen LogP contribution < -0.4 is 10.6 Å². The number of carbonyl (C=O) groups excluding carboxylic acids is 1. The summed E-state index contributed by atoms with van der Waals surface area (Å²) >= 11 is 0. The van der Waals surface area contributed by atoms with Crippen LogP contribution in [0.15, 0.2) is 29.2 Å². The summed E-state index contributed by atoms with van der Waals surface area (Å²) in [7, 11) is -1.63. The molecule has 0 saturated carbocycles. The molecule has 1 amide bonds. The monoisotopic (exact) mass is 391 g/mol. The highest BCUT2D eigenvalue weighted by atomic mass is 35.5. The molecule has 1 aliphatic rings. The minimum Gasteiger partial charge on any atom is -0.379 e. The van der Waals surface area contributed by atoms with E-state index in [1.807, 2.05) is 7.05 Å². The van der Waals surface area contributed by atoms with Crippen molar-refractivity contribution in [3.05, 3.63) is 29.8 Å². The van der Waals surface area contributed by atoms with E-state index < -0.39 is 10.0 Å². The Hall–Kier alpha value is -1.19. The van der Waals surface area contributed by atoms with E-state index in [4.69, 9.17) is 4.74 Å². The van der Waals surface area contributed by atoms with Crippen molar-refractivity contribution in [3.8, 4) is 0 Å². The first kappa shape index (κ1) is 21.9. The van der Waals surface area contributed by atoms with Crippen molar-refractivity contribution in [2.45, 2.75) is 17.7 Å². The predicted octanol–water partition coefficient (Wildman–Crippen LogP) is 0.398. The van der Waals surface area contributed by atoms with Gasteiger partial charge in [0.05, 0.1) is 18.1 Å². The largest absolute Gasteiger partial charge is 0.379 e. The van der Waals surface area contributed by atoms with Gasteiger partial charge in [0.25, 0.3) is 0 Å². The molecule has 0 aromatic heterocycles. The SMILES string of the molecule is CNCCNC(=O)CCc1ccc(S(=O)(=O)N2CCOCC2)cc1.Cl. The Kier molecular flexibility index (Phi) is 9.37. The molecule has 0 spiro atoms. The zero-order chi connectivity index (χ0) is 17.4. The Balaban J connectivity index is 0.00000312. The zero-order valence-corrected chi connectivity index (χ0v) is 16.0. The molecule has 1 heterocycles. The standard InChI is InChI=1S/C16H25N3O4S.ClH/c1-17-8-9-18-16(20)7-4-14-2-5-15(6-3-14)24(21,22)19-10-12-23-13-11-19;/h2-3,5-6,17H,4,7-13H2,1H3,(H,18,20);1H. The second-order valence-corrected chi connectivity index (χ2v) is 7.55. The van der Waals surface area contributed by atoms with E-state index in [1.165, 1.54) is 4.31 Å². The van der Waals surface area contributed by atoms with Crippen LogP contribution in [0.1, 0.15) is 12.0 Å². The van der Waals surface area contributed by atoms with Gasteiger partial charge in [-0.2, -0.15) is 4.31 Å². The Bertz CT molecular complexity index is 631. The smallest absolute Gasteiger partial charge is 0.243 e. The first-order chi connectivity index (χ1) is 11.5. The number of aryl methyl sites for hydroxylation is 1. The number of benzene rings is 1.